The molecule has 1 fully saturated rings. The number of nitrogens with zero attached hydrogens (tertiary/aromatic N) is 2. The van der Waals surface area contributed by atoms with Gasteiger partial charge >= 0.3 is 0 Å². The Labute approximate surface area is 116 Å². The summed E-state index contributed by atoms with van der Waals surface area (Å²) >= 11 is 0. The van der Waals surface area contributed by atoms with Gasteiger partial charge in [0.2, 0.25) is 0 Å². The number of nitrogens with one attached hydrogen (secondary N) is 1. The van der Waals surface area contributed by atoms with Gasteiger partial charge in [0.25, 0.3) is 0 Å². The monoisotopic (exact) mass is 265 g/mol. The van der Waals surface area contributed by atoms with Crippen LogP contribution in [0.3, 0.4) is 0 Å². The highest BCUT2D eigenvalue weighted by molar-refractivity contribution is 5.30. The fourth-order valence-corrected chi connectivity index (χ4v) is 3.19. The normalized spacial score (nSPS) is 23.5. The van der Waals surface area contributed by atoms with Crippen molar-refractivity contribution < 1.29 is 4.74 Å². The van der Waals surface area contributed by atoms with E-state index in [1.165, 1.54) is 37.8 Å². The molecular weight excluding hydrogens is 238 g/mol. The second kappa shape index (κ2) is 6.94. The number of methoxy groups -OCH3 is 1. The first-order chi connectivity index (χ1) is 9.31. The lowest BCUT2D eigenvalue weighted by Crippen LogP contribution is -2.38. The number of aromatic nitrogens is 2. The number of hydrogen-bond donors (Lipinski definition) is 1. The van der Waals surface area contributed by atoms with Crippen LogP contribution in [0.15, 0.2) is 6.20 Å². The van der Waals surface area contributed by atoms with Gasteiger partial charge in [0.15, 0.2) is 5.75 Å². The predicted molar refractivity (Wildman–Crippen MR) is 77.7 cm³/mol. The Morgan fingerprint density at radius 3 is 2.84 bits per heavy atom. The largest absolute Gasteiger partial charge is 0.493 e. The highest BCUT2D eigenvalue weighted by atomic mass is 16.5. The maximum absolute atomic E-state index is 5.52. The second-order valence-electron chi connectivity index (χ2n) is 5.37. The first-order valence-electron chi connectivity index (χ1n) is 7.64. The highest BCUT2D eigenvalue weighted by Gasteiger charge is 2.31. The van der Waals surface area contributed by atoms with Crippen LogP contribution in [0.25, 0.3) is 0 Å². The van der Waals surface area contributed by atoms with Gasteiger partial charge in [0, 0.05) is 18.5 Å². The van der Waals surface area contributed by atoms with Gasteiger partial charge in [-0.1, -0.05) is 19.8 Å². The van der Waals surface area contributed by atoms with Crippen molar-refractivity contribution in [1.29, 1.82) is 0 Å². The Hall–Kier alpha value is -1.03. The summed E-state index contributed by atoms with van der Waals surface area (Å²) in [6.45, 7) is 6.38. The summed E-state index contributed by atoms with van der Waals surface area (Å²) in [7, 11) is 1.75. The predicted octanol–water partition coefficient (Wildman–Crippen LogP) is 2.94. The van der Waals surface area contributed by atoms with E-state index in [1.54, 1.807) is 7.11 Å². The Bertz CT molecular complexity index is 367. The first-order valence-corrected chi connectivity index (χ1v) is 7.64. The van der Waals surface area contributed by atoms with Gasteiger partial charge in [-0.2, -0.15) is 5.10 Å². The maximum Gasteiger partial charge on any atom is 0.160 e. The molecule has 1 aliphatic carbocycles. The van der Waals surface area contributed by atoms with Crippen LogP contribution in [0.1, 0.15) is 57.6 Å². The van der Waals surface area contributed by atoms with E-state index in [-0.39, 0.29) is 0 Å². The lowest BCUT2D eigenvalue weighted by atomic mass is 9.82. The van der Waals surface area contributed by atoms with Gasteiger partial charge in [-0.05, 0) is 32.7 Å². The van der Waals surface area contributed by atoms with E-state index in [0.717, 1.165) is 18.8 Å². The molecule has 0 aromatic carbocycles. The summed E-state index contributed by atoms with van der Waals surface area (Å²) in [5.74, 6) is 1.50. The fourth-order valence-electron chi connectivity index (χ4n) is 3.19. The Morgan fingerprint density at radius 1 is 1.37 bits per heavy atom. The summed E-state index contributed by atoms with van der Waals surface area (Å²) in [5, 5.41) is 8.17. The van der Waals surface area contributed by atoms with Crippen LogP contribution in [0.4, 0.5) is 0 Å². The van der Waals surface area contributed by atoms with Crippen molar-refractivity contribution in [1.82, 2.24) is 15.1 Å². The second-order valence-corrected chi connectivity index (χ2v) is 5.37. The first kappa shape index (κ1) is 14.4. The quantitative estimate of drug-likeness (QED) is 0.859. The van der Waals surface area contributed by atoms with Crippen LogP contribution in [-0.2, 0) is 6.54 Å². The van der Waals surface area contributed by atoms with Crippen LogP contribution in [0.5, 0.6) is 5.75 Å². The van der Waals surface area contributed by atoms with Crippen LogP contribution < -0.4 is 10.1 Å². The summed E-state index contributed by atoms with van der Waals surface area (Å²) < 4.78 is 7.63. The minimum absolute atomic E-state index is 0.540. The van der Waals surface area contributed by atoms with Crippen LogP contribution >= 0.6 is 0 Å². The molecule has 4 heteroatoms. The van der Waals surface area contributed by atoms with Crippen LogP contribution in [0, 0.1) is 0 Å². The van der Waals surface area contributed by atoms with E-state index in [2.05, 4.69) is 28.9 Å². The van der Waals surface area contributed by atoms with Gasteiger partial charge in [0.05, 0.1) is 19.0 Å². The Balaban J connectivity index is 2.23. The van der Waals surface area contributed by atoms with E-state index >= 15 is 0 Å². The molecule has 2 atom stereocenters. The van der Waals surface area contributed by atoms with Crippen molar-refractivity contribution in [3.05, 3.63) is 11.9 Å². The van der Waals surface area contributed by atoms with Crippen molar-refractivity contribution in [2.75, 3.05) is 13.7 Å². The molecule has 108 valence electrons. The van der Waals surface area contributed by atoms with E-state index < -0.39 is 0 Å². The summed E-state index contributed by atoms with van der Waals surface area (Å²) in [6.07, 6.45) is 8.21. The SMILES string of the molecule is CCCNC1CCCCC1c1c(OC)cnn1CC. The number of hydrogen-bond acceptors (Lipinski definition) is 3. The zero-order chi connectivity index (χ0) is 13.7. The molecule has 0 bridgehead atoms. The van der Waals surface area contributed by atoms with Gasteiger partial charge in [0.1, 0.15) is 0 Å². The molecule has 2 rings (SSSR count). The fraction of sp³-hybridized carbons (Fsp3) is 0.800. The summed E-state index contributed by atoms with van der Waals surface area (Å²) in [4.78, 5) is 0. The molecule has 19 heavy (non-hydrogen) atoms. The number of ether oxygens (including phenoxy) is 1. The average Bonchev–Trinajstić information content (AvgIpc) is 2.88. The van der Waals surface area contributed by atoms with Gasteiger partial charge in [-0.3, -0.25) is 4.68 Å². The lowest BCUT2D eigenvalue weighted by Gasteiger charge is -2.33. The molecule has 1 heterocycles. The molecule has 1 saturated carbocycles. The maximum atomic E-state index is 5.52. The molecule has 1 aromatic heterocycles. The molecule has 0 spiro atoms. The molecule has 4 nitrogen and oxygen atoms in total. The van der Waals surface area contributed by atoms with Gasteiger partial charge in [-0.15, -0.1) is 0 Å². The van der Waals surface area contributed by atoms with Gasteiger partial charge in [-0.25, -0.2) is 0 Å². The Kier molecular flexibility index (Phi) is 5.25. The molecule has 2 unspecified atom stereocenters. The van der Waals surface area contributed by atoms with Crippen LogP contribution in [0.2, 0.25) is 0 Å². The summed E-state index contributed by atoms with van der Waals surface area (Å²) in [6, 6.07) is 0.574. The molecule has 0 saturated heterocycles. The minimum atomic E-state index is 0.540. The van der Waals surface area contributed by atoms with Crippen molar-refractivity contribution >= 4 is 0 Å². The number of rotatable bonds is 6. The zero-order valence-electron chi connectivity index (χ0n) is 12.5. The van der Waals surface area contributed by atoms with Crippen molar-refractivity contribution in [3.63, 3.8) is 0 Å². The zero-order valence-corrected chi connectivity index (χ0v) is 12.5. The summed E-state index contributed by atoms with van der Waals surface area (Å²) in [5.41, 5.74) is 1.29. The van der Waals surface area contributed by atoms with E-state index in [1.807, 2.05) is 6.20 Å². The molecule has 1 N–H and O–H groups in total. The molecule has 0 aliphatic heterocycles. The third kappa shape index (κ3) is 3.11. The molecule has 0 radical (unpaired) electrons. The van der Waals surface area contributed by atoms with E-state index in [0.29, 0.717) is 12.0 Å². The van der Waals surface area contributed by atoms with Crippen molar-refractivity contribution in [3.8, 4) is 5.75 Å². The Morgan fingerprint density at radius 2 is 2.16 bits per heavy atom. The minimum Gasteiger partial charge on any atom is -0.493 e. The standard InChI is InChI=1S/C15H27N3O/c1-4-10-16-13-9-7-6-8-12(13)15-14(19-3)11-17-18(15)5-2/h11-13,16H,4-10H2,1-3H3. The molecule has 1 aliphatic rings. The highest BCUT2D eigenvalue weighted by Crippen LogP contribution is 2.37. The van der Waals surface area contributed by atoms with Crippen molar-refractivity contribution in [2.45, 2.75) is 64.5 Å². The van der Waals surface area contributed by atoms with E-state index in [4.69, 9.17) is 4.74 Å². The third-order valence-corrected chi connectivity index (χ3v) is 4.14. The third-order valence-electron chi connectivity index (χ3n) is 4.14. The molecular formula is C15H27N3O. The average molecular weight is 265 g/mol. The van der Waals surface area contributed by atoms with Crippen LogP contribution in [-0.4, -0.2) is 29.5 Å². The van der Waals surface area contributed by atoms with Crippen molar-refractivity contribution in [2.24, 2.45) is 0 Å². The molecule has 0 amide bonds. The van der Waals surface area contributed by atoms with Gasteiger partial charge < -0.3 is 10.1 Å². The molecule has 1 aromatic rings. The topological polar surface area (TPSA) is 39.1 Å². The van der Waals surface area contributed by atoms with E-state index in [9.17, 15) is 0 Å². The lowest BCUT2D eigenvalue weighted by molar-refractivity contribution is 0.305. The smallest absolute Gasteiger partial charge is 0.160 e. The number of aryl methyl sites for hydroxylation is 1.